The standard InChI is InChI=1S/C21H24N4OS2/c1-16-22-23-21(25(16)14-17-7-5-4-6-8-17)28-15-20(26)24(2)13-18-9-11-19(27-3)12-10-18/h4-12H,13-15H2,1-3H3. The lowest BCUT2D eigenvalue weighted by molar-refractivity contribution is -0.127. The molecule has 0 saturated heterocycles. The largest absolute Gasteiger partial charge is 0.341 e. The lowest BCUT2D eigenvalue weighted by atomic mass is 10.2. The molecule has 0 radical (unpaired) electrons. The predicted molar refractivity (Wildman–Crippen MR) is 116 cm³/mol. The molecule has 1 aromatic heterocycles. The third-order valence-corrected chi connectivity index (χ3v) is 6.11. The minimum absolute atomic E-state index is 0.0749. The summed E-state index contributed by atoms with van der Waals surface area (Å²) in [6, 6.07) is 18.5. The van der Waals surface area contributed by atoms with Crippen LogP contribution in [0.15, 0.2) is 64.6 Å². The quantitative estimate of drug-likeness (QED) is 0.521. The van der Waals surface area contributed by atoms with Gasteiger partial charge in [-0.05, 0) is 36.4 Å². The molecule has 2 aromatic carbocycles. The Hall–Kier alpha value is -2.25. The van der Waals surface area contributed by atoms with Crippen molar-refractivity contribution in [2.45, 2.75) is 30.1 Å². The molecule has 1 heterocycles. The maximum atomic E-state index is 12.6. The summed E-state index contributed by atoms with van der Waals surface area (Å²) < 4.78 is 2.05. The second kappa shape index (κ2) is 9.80. The molecule has 0 aliphatic heterocycles. The Labute approximate surface area is 174 Å². The van der Waals surface area contributed by atoms with E-state index < -0.39 is 0 Å². The number of aryl methyl sites for hydroxylation is 1. The summed E-state index contributed by atoms with van der Waals surface area (Å²) in [5.41, 5.74) is 2.31. The highest BCUT2D eigenvalue weighted by Gasteiger charge is 2.15. The van der Waals surface area contributed by atoms with Gasteiger partial charge in [-0.1, -0.05) is 54.2 Å². The lowest BCUT2D eigenvalue weighted by Crippen LogP contribution is -2.27. The fourth-order valence-electron chi connectivity index (χ4n) is 2.75. The number of thioether (sulfide) groups is 2. The van der Waals surface area contributed by atoms with Gasteiger partial charge in [-0.25, -0.2) is 0 Å². The molecular formula is C21H24N4OS2. The highest BCUT2D eigenvalue weighted by Crippen LogP contribution is 2.20. The van der Waals surface area contributed by atoms with Gasteiger partial charge in [0.1, 0.15) is 5.82 Å². The third kappa shape index (κ3) is 5.39. The number of hydrogen-bond donors (Lipinski definition) is 0. The second-order valence-corrected chi connectivity index (χ2v) is 8.31. The van der Waals surface area contributed by atoms with Crippen molar-refractivity contribution >= 4 is 29.4 Å². The number of nitrogens with zero attached hydrogens (tertiary/aromatic N) is 4. The van der Waals surface area contributed by atoms with Gasteiger partial charge < -0.3 is 9.47 Å². The van der Waals surface area contributed by atoms with E-state index in [0.717, 1.165) is 16.5 Å². The molecule has 0 N–H and O–H groups in total. The van der Waals surface area contributed by atoms with Crippen LogP contribution in [0.2, 0.25) is 0 Å². The van der Waals surface area contributed by atoms with Crippen LogP contribution in [-0.2, 0) is 17.9 Å². The molecule has 1 amide bonds. The van der Waals surface area contributed by atoms with Crippen LogP contribution in [0.1, 0.15) is 17.0 Å². The van der Waals surface area contributed by atoms with Crippen molar-refractivity contribution < 1.29 is 4.79 Å². The first-order chi connectivity index (χ1) is 13.6. The highest BCUT2D eigenvalue weighted by molar-refractivity contribution is 7.99. The van der Waals surface area contributed by atoms with E-state index in [0.29, 0.717) is 18.8 Å². The van der Waals surface area contributed by atoms with Crippen LogP contribution in [-0.4, -0.2) is 44.6 Å². The van der Waals surface area contributed by atoms with E-state index >= 15 is 0 Å². The smallest absolute Gasteiger partial charge is 0.233 e. The normalized spacial score (nSPS) is 10.8. The second-order valence-electron chi connectivity index (χ2n) is 6.49. The molecule has 146 valence electrons. The summed E-state index contributed by atoms with van der Waals surface area (Å²) in [6.45, 7) is 3.24. The lowest BCUT2D eigenvalue weighted by Gasteiger charge is -2.17. The molecule has 0 fully saturated rings. The minimum Gasteiger partial charge on any atom is -0.341 e. The summed E-state index contributed by atoms with van der Waals surface area (Å²) in [4.78, 5) is 15.5. The van der Waals surface area contributed by atoms with E-state index in [1.807, 2.05) is 32.2 Å². The molecule has 0 unspecified atom stereocenters. The molecule has 3 aromatic rings. The minimum atomic E-state index is 0.0749. The molecule has 0 bridgehead atoms. The number of benzene rings is 2. The molecule has 5 nitrogen and oxygen atoms in total. The zero-order chi connectivity index (χ0) is 19.9. The summed E-state index contributed by atoms with van der Waals surface area (Å²) in [5.74, 6) is 1.26. The zero-order valence-electron chi connectivity index (χ0n) is 16.3. The fourth-order valence-corrected chi connectivity index (χ4v) is 4.08. The molecule has 0 spiro atoms. The first-order valence-corrected chi connectivity index (χ1v) is 11.2. The van der Waals surface area contributed by atoms with Crippen molar-refractivity contribution in [1.82, 2.24) is 19.7 Å². The van der Waals surface area contributed by atoms with Crippen molar-refractivity contribution in [3.8, 4) is 0 Å². The van der Waals surface area contributed by atoms with Gasteiger partial charge in [-0.15, -0.1) is 22.0 Å². The van der Waals surface area contributed by atoms with Crippen LogP contribution in [0, 0.1) is 6.92 Å². The molecule has 0 aliphatic rings. The van der Waals surface area contributed by atoms with Gasteiger partial charge in [-0.3, -0.25) is 4.79 Å². The highest BCUT2D eigenvalue weighted by atomic mass is 32.2. The Morgan fingerprint density at radius 2 is 1.75 bits per heavy atom. The van der Waals surface area contributed by atoms with Gasteiger partial charge in [0.05, 0.1) is 12.3 Å². The predicted octanol–water partition coefficient (Wildman–Crippen LogP) is 4.11. The molecular weight excluding hydrogens is 388 g/mol. The molecule has 3 rings (SSSR count). The van der Waals surface area contributed by atoms with Gasteiger partial charge >= 0.3 is 0 Å². The number of carbonyl (C=O) groups excluding carboxylic acids is 1. The van der Waals surface area contributed by atoms with Crippen LogP contribution in [0.4, 0.5) is 0 Å². The Morgan fingerprint density at radius 1 is 1.04 bits per heavy atom. The average molecular weight is 413 g/mol. The third-order valence-electron chi connectivity index (χ3n) is 4.41. The van der Waals surface area contributed by atoms with Crippen LogP contribution in [0.3, 0.4) is 0 Å². The van der Waals surface area contributed by atoms with Crippen LogP contribution in [0.25, 0.3) is 0 Å². The zero-order valence-corrected chi connectivity index (χ0v) is 18.0. The maximum Gasteiger partial charge on any atom is 0.233 e. The summed E-state index contributed by atoms with van der Waals surface area (Å²) in [5, 5.41) is 9.20. The van der Waals surface area contributed by atoms with E-state index in [-0.39, 0.29) is 5.91 Å². The Kier molecular flexibility index (Phi) is 7.17. The van der Waals surface area contributed by atoms with Crippen molar-refractivity contribution in [2.75, 3.05) is 19.1 Å². The van der Waals surface area contributed by atoms with Gasteiger partial charge in [0, 0.05) is 18.5 Å². The van der Waals surface area contributed by atoms with Crippen molar-refractivity contribution in [3.63, 3.8) is 0 Å². The fraction of sp³-hybridized carbons (Fsp3) is 0.286. The summed E-state index contributed by atoms with van der Waals surface area (Å²) in [7, 11) is 1.84. The molecule has 0 saturated carbocycles. The van der Waals surface area contributed by atoms with Crippen molar-refractivity contribution in [2.24, 2.45) is 0 Å². The van der Waals surface area contributed by atoms with Crippen molar-refractivity contribution in [1.29, 1.82) is 0 Å². The van der Waals surface area contributed by atoms with Gasteiger partial charge in [-0.2, -0.15) is 0 Å². The van der Waals surface area contributed by atoms with Crippen LogP contribution in [0.5, 0.6) is 0 Å². The Morgan fingerprint density at radius 3 is 2.43 bits per heavy atom. The number of carbonyl (C=O) groups is 1. The maximum absolute atomic E-state index is 12.6. The molecule has 0 atom stereocenters. The monoisotopic (exact) mass is 412 g/mol. The number of aromatic nitrogens is 3. The topological polar surface area (TPSA) is 51.0 Å². The molecule has 28 heavy (non-hydrogen) atoms. The Balaban J connectivity index is 1.58. The van der Waals surface area contributed by atoms with E-state index in [9.17, 15) is 4.79 Å². The first kappa shape index (κ1) is 20.5. The number of rotatable bonds is 8. The first-order valence-electron chi connectivity index (χ1n) is 9.00. The van der Waals surface area contributed by atoms with Gasteiger partial charge in [0.15, 0.2) is 5.16 Å². The summed E-state index contributed by atoms with van der Waals surface area (Å²) >= 11 is 3.15. The van der Waals surface area contributed by atoms with E-state index in [1.54, 1.807) is 16.7 Å². The van der Waals surface area contributed by atoms with Crippen molar-refractivity contribution in [3.05, 3.63) is 71.5 Å². The van der Waals surface area contributed by atoms with Gasteiger partial charge in [0.25, 0.3) is 0 Å². The van der Waals surface area contributed by atoms with Crippen LogP contribution >= 0.6 is 23.5 Å². The van der Waals surface area contributed by atoms with Gasteiger partial charge in [0.2, 0.25) is 5.91 Å². The average Bonchev–Trinajstić information content (AvgIpc) is 3.07. The van der Waals surface area contributed by atoms with E-state index in [1.165, 1.54) is 22.2 Å². The SMILES string of the molecule is CSc1ccc(CN(C)C(=O)CSc2nnc(C)n2Cc2ccccc2)cc1. The summed E-state index contributed by atoms with van der Waals surface area (Å²) in [6.07, 6.45) is 2.06. The van der Waals surface area contributed by atoms with Crippen LogP contribution < -0.4 is 0 Å². The molecule has 7 heteroatoms. The number of hydrogen-bond acceptors (Lipinski definition) is 5. The van der Waals surface area contributed by atoms with E-state index in [4.69, 9.17) is 0 Å². The molecule has 0 aliphatic carbocycles. The van der Waals surface area contributed by atoms with E-state index in [2.05, 4.69) is 57.4 Å². The Bertz CT molecular complexity index is 910. The number of amides is 1.